The molecule has 0 saturated heterocycles. The molecule has 2 aromatic carbocycles. The number of carbonyl (C=O) groups excluding carboxylic acids is 1. The maximum atomic E-state index is 13.5. The van der Waals surface area contributed by atoms with Crippen LogP contribution in [0.1, 0.15) is 40.7 Å². The summed E-state index contributed by atoms with van der Waals surface area (Å²) in [4.78, 5) is 14.8. The maximum Gasteiger partial charge on any atom is 0.162 e. The molecule has 6 heteroatoms. The first-order chi connectivity index (χ1) is 15.1. The van der Waals surface area contributed by atoms with Crippen LogP contribution in [0.3, 0.4) is 0 Å². The minimum Gasteiger partial charge on any atom is -0.493 e. The molecule has 2 aliphatic rings. The molecule has 2 heterocycles. The Morgan fingerprint density at radius 2 is 1.77 bits per heavy atom. The minimum atomic E-state index is -0.143. The molecular weight excluding hydrogens is 474 g/mol. The molecule has 3 aromatic rings. The fourth-order valence-electron chi connectivity index (χ4n) is 4.67. The van der Waals surface area contributed by atoms with Crippen LogP contribution in [0, 0.1) is 0 Å². The van der Waals surface area contributed by atoms with E-state index in [1.54, 1.807) is 25.6 Å². The molecule has 1 aromatic heterocycles. The van der Waals surface area contributed by atoms with E-state index in [1.807, 2.05) is 24.3 Å². The molecule has 158 valence electrons. The van der Waals surface area contributed by atoms with Gasteiger partial charge >= 0.3 is 0 Å². The van der Waals surface area contributed by atoms with Crippen molar-refractivity contribution in [3.63, 3.8) is 0 Å². The summed E-state index contributed by atoms with van der Waals surface area (Å²) in [5.41, 5.74) is 4.97. The average molecular weight is 496 g/mol. The lowest BCUT2D eigenvalue weighted by atomic mass is 9.73. The van der Waals surface area contributed by atoms with Crippen LogP contribution >= 0.6 is 27.3 Å². The predicted molar refractivity (Wildman–Crippen MR) is 127 cm³/mol. The highest BCUT2D eigenvalue weighted by molar-refractivity contribution is 9.10. The van der Waals surface area contributed by atoms with E-state index in [9.17, 15) is 4.79 Å². The fraction of sp³-hybridized carbons (Fsp3) is 0.240. The van der Waals surface area contributed by atoms with Crippen LogP contribution in [0.25, 0.3) is 0 Å². The molecule has 0 unspecified atom stereocenters. The summed E-state index contributed by atoms with van der Waals surface area (Å²) in [6, 6.07) is 16.4. The van der Waals surface area contributed by atoms with Gasteiger partial charge in [-0.2, -0.15) is 0 Å². The van der Waals surface area contributed by atoms with Crippen molar-refractivity contribution in [3.8, 4) is 11.5 Å². The number of ether oxygens (including phenoxy) is 2. The summed E-state index contributed by atoms with van der Waals surface area (Å²) in [6.07, 6.45) is 1.36. The Bertz CT molecular complexity index is 1170. The lowest BCUT2D eigenvalue weighted by Gasteiger charge is -2.36. The number of halogens is 1. The van der Waals surface area contributed by atoms with Crippen molar-refractivity contribution in [2.45, 2.75) is 24.7 Å². The second-order valence-electron chi connectivity index (χ2n) is 7.84. The van der Waals surface area contributed by atoms with E-state index in [1.165, 1.54) is 4.88 Å². The Balaban J connectivity index is 1.67. The molecule has 0 saturated carbocycles. The van der Waals surface area contributed by atoms with Crippen LogP contribution < -0.4 is 14.8 Å². The van der Waals surface area contributed by atoms with E-state index in [0.717, 1.165) is 39.0 Å². The number of anilines is 1. The summed E-state index contributed by atoms with van der Waals surface area (Å²) in [7, 11) is 3.28. The van der Waals surface area contributed by atoms with Crippen LogP contribution in [-0.2, 0) is 4.79 Å². The zero-order chi connectivity index (χ0) is 21.5. The van der Waals surface area contributed by atoms with Crippen molar-refractivity contribution >= 4 is 38.7 Å². The smallest absolute Gasteiger partial charge is 0.162 e. The Hall–Kier alpha value is -2.57. The summed E-state index contributed by atoms with van der Waals surface area (Å²) >= 11 is 5.25. The third-order valence-corrected chi connectivity index (χ3v) is 7.66. The molecule has 31 heavy (non-hydrogen) atoms. The summed E-state index contributed by atoms with van der Waals surface area (Å²) in [5.74, 6) is 1.61. The van der Waals surface area contributed by atoms with Crippen LogP contribution in [0.4, 0.5) is 5.69 Å². The van der Waals surface area contributed by atoms with Crippen molar-refractivity contribution in [1.29, 1.82) is 0 Å². The lowest BCUT2D eigenvalue weighted by molar-refractivity contribution is -0.116. The standard InChI is InChI=1S/C25H22BrNO3S/c1-29-21-12-17-18(13-22(21)30-2)27-19-10-15(23-4-3-9-31-23)11-20(28)25(19)24(17)14-5-7-16(26)8-6-14/h3-9,12-13,15,24,27H,10-11H2,1-2H3/t15-,24-/m1/s1. The molecule has 5 rings (SSSR count). The van der Waals surface area contributed by atoms with Gasteiger partial charge in [0.1, 0.15) is 0 Å². The summed E-state index contributed by atoms with van der Waals surface area (Å²) in [5, 5.41) is 5.66. The number of thiophene rings is 1. The van der Waals surface area contributed by atoms with Crippen LogP contribution in [0.2, 0.25) is 0 Å². The number of benzene rings is 2. The van der Waals surface area contributed by atoms with Gasteiger partial charge in [0.15, 0.2) is 17.3 Å². The van der Waals surface area contributed by atoms with E-state index in [-0.39, 0.29) is 17.6 Å². The van der Waals surface area contributed by atoms with Crippen molar-refractivity contribution in [2.75, 3.05) is 19.5 Å². The molecule has 0 amide bonds. The van der Waals surface area contributed by atoms with Crippen LogP contribution in [0.15, 0.2) is 69.7 Å². The Kier molecular flexibility index (Phi) is 5.36. The molecule has 2 atom stereocenters. The number of Topliss-reactive ketones (excluding diaryl/α,β-unsaturated/α-hetero) is 1. The first-order valence-electron chi connectivity index (χ1n) is 10.2. The number of carbonyl (C=O) groups is 1. The van der Waals surface area contributed by atoms with Gasteiger partial charge in [-0.05, 0) is 47.2 Å². The molecule has 1 aliphatic carbocycles. The van der Waals surface area contributed by atoms with Gasteiger partial charge in [-0.25, -0.2) is 0 Å². The first-order valence-corrected chi connectivity index (χ1v) is 11.8. The SMILES string of the molecule is COc1cc2c(cc1OC)[C@@H](c1ccc(Br)cc1)C1=C(C[C@@H](c3cccs3)CC1=O)N2. The molecule has 1 N–H and O–H groups in total. The highest BCUT2D eigenvalue weighted by atomic mass is 79.9. The van der Waals surface area contributed by atoms with E-state index >= 15 is 0 Å². The molecule has 0 bridgehead atoms. The summed E-state index contributed by atoms with van der Waals surface area (Å²) < 4.78 is 12.1. The van der Waals surface area contributed by atoms with E-state index in [2.05, 4.69) is 50.9 Å². The van der Waals surface area contributed by atoms with Crippen molar-refractivity contribution < 1.29 is 14.3 Å². The van der Waals surface area contributed by atoms with Crippen LogP contribution in [0.5, 0.6) is 11.5 Å². The number of fused-ring (bicyclic) bond motifs is 1. The molecular formula is C25H22BrNO3S. The number of allylic oxidation sites excluding steroid dienone is 2. The zero-order valence-electron chi connectivity index (χ0n) is 17.3. The Morgan fingerprint density at radius 1 is 1.03 bits per heavy atom. The van der Waals surface area contributed by atoms with E-state index in [4.69, 9.17) is 9.47 Å². The minimum absolute atomic E-state index is 0.143. The van der Waals surface area contributed by atoms with Gasteiger partial charge in [-0.3, -0.25) is 4.79 Å². The largest absolute Gasteiger partial charge is 0.493 e. The molecule has 0 radical (unpaired) electrons. The zero-order valence-corrected chi connectivity index (χ0v) is 19.7. The second kappa shape index (κ2) is 8.17. The van der Waals surface area contributed by atoms with Crippen molar-refractivity contribution in [2.24, 2.45) is 0 Å². The maximum absolute atomic E-state index is 13.5. The molecule has 1 aliphatic heterocycles. The number of rotatable bonds is 4. The van der Waals surface area contributed by atoms with Crippen molar-refractivity contribution in [1.82, 2.24) is 0 Å². The number of nitrogens with one attached hydrogen (secondary N) is 1. The highest BCUT2D eigenvalue weighted by Gasteiger charge is 2.39. The van der Waals surface area contributed by atoms with Gasteiger partial charge in [0.2, 0.25) is 0 Å². The van der Waals surface area contributed by atoms with Gasteiger partial charge in [-0.15, -0.1) is 11.3 Å². The number of methoxy groups -OCH3 is 2. The molecule has 4 nitrogen and oxygen atoms in total. The quantitative estimate of drug-likeness (QED) is 0.449. The van der Waals surface area contributed by atoms with Gasteiger partial charge in [0, 0.05) is 50.6 Å². The van der Waals surface area contributed by atoms with Gasteiger partial charge in [0.05, 0.1) is 14.2 Å². The van der Waals surface area contributed by atoms with Gasteiger partial charge < -0.3 is 14.8 Å². The van der Waals surface area contributed by atoms with Crippen molar-refractivity contribution in [3.05, 3.63) is 85.7 Å². The number of hydrogen-bond donors (Lipinski definition) is 1. The summed E-state index contributed by atoms with van der Waals surface area (Å²) in [6.45, 7) is 0. The Morgan fingerprint density at radius 3 is 2.45 bits per heavy atom. The fourth-order valence-corrected chi connectivity index (χ4v) is 5.77. The topological polar surface area (TPSA) is 47.6 Å². The third-order valence-electron chi connectivity index (χ3n) is 6.10. The van der Waals surface area contributed by atoms with Gasteiger partial charge in [0.25, 0.3) is 0 Å². The van der Waals surface area contributed by atoms with E-state index < -0.39 is 0 Å². The van der Waals surface area contributed by atoms with Gasteiger partial charge in [-0.1, -0.05) is 34.1 Å². The average Bonchev–Trinajstić information content (AvgIpc) is 3.32. The normalized spacial score (nSPS) is 20.0. The predicted octanol–water partition coefficient (Wildman–Crippen LogP) is 6.49. The number of ketones is 1. The Labute approximate surface area is 194 Å². The number of hydrogen-bond acceptors (Lipinski definition) is 5. The monoisotopic (exact) mass is 495 g/mol. The third kappa shape index (κ3) is 3.58. The molecule has 0 spiro atoms. The first kappa shape index (κ1) is 20.3. The van der Waals surface area contributed by atoms with E-state index in [0.29, 0.717) is 17.9 Å². The highest BCUT2D eigenvalue weighted by Crippen LogP contribution is 2.50. The lowest BCUT2D eigenvalue weighted by Crippen LogP contribution is -2.29. The van der Waals surface area contributed by atoms with Crippen LogP contribution in [-0.4, -0.2) is 20.0 Å². The second-order valence-corrected chi connectivity index (χ2v) is 9.73. The molecule has 0 fully saturated rings.